The smallest absolute Gasteiger partial charge is 0.244 e. The normalized spacial score (nSPS) is 17.0. The zero-order valence-corrected chi connectivity index (χ0v) is 14.0. The maximum Gasteiger partial charge on any atom is 0.244 e. The number of amides is 1. The molecule has 1 aliphatic rings. The molecule has 7 heteroatoms. The summed E-state index contributed by atoms with van der Waals surface area (Å²) in [6.45, 7) is 4.94. The Labute approximate surface area is 140 Å². The van der Waals surface area contributed by atoms with Crippen LogP contribution in [0.1, 0.15) is 23.9 Å². The summed E-state index contributed by atoms with van der Waals surface area (Å²) in [5.74, 6) is 0.791. The molecule has 1 aromatic carbocycles. The highest BCUT2D eigenvalue weighted by Gasteiger charge is 2.25. The molecule has 2 N–H and O–H groups in total. The number of anilines is 1. The van der Waals surface area contributed by atoms with E-state index >= 15 is 0 Å². The van der Waals surface area contributed by atoms with E-state index in [1.54, 1.807) is 0 Å². The first-order chi connectivity index (χ1) is 11.1. The third kappa shape index (κ3) is 3.68. The number of hydrogen-bond acceptors (Lipinski definition) is 6. The summed E-state index contributed by atoms with van der Waals surface area (Å²) in [7, 11) is 0. The molecule has 1 saturated heterocycles. The Morgan fingerprint density at radius 1 is 1.22 bits per heavy atom. The number of nitrogens with two attached hydrogens (primary N) is 1. The first kappa shape index (κ1) is 15.9. The molecule has 1 aromatic heterocycles. The Morgan fingerprint density at radius 3 is 2.70 bits per heavy atom. The molecule has 2 heterocycles. The van der Waals surface area contributed by atoms with Gasteiger partial charge >= 0.3 is 0 Å². The Bertz CT molecular complexity index is 660. The van der Waals surface area contributed by atoms with Gasteiger partial charge in [-0.05, 0) is 18.9 Å². The molecule has 1 aliphatic heterocycles. The van der Waals surface area contributed by atoms with Gasteiger partial charge in [-0.3, -0.25) is 4.79 Å². The van der Waals surface area contributed by atoms with Gasteiger partial charge in [-0.25, -0.2) is 4.98 Å². The van der Waals surface area contributed by atoms with Crippen LogP contribution in [-0.2, 0) is 4.79 Å². The molecule has 1 unspecified atom stereocenters. The Morgan fingerprint density at radius 2 is 2.00 bits per heavy atom. The number of benzene rings is 1. The molecule has 1 atom stereocenters. The number of carbonyl (C=O) groups is 1. The van der Waals surface area contributed by atoms with Gasteiger partial charge in [0.25, 0.3) is 0 Å². The molecule has 0 aliphatic carbocycles. The van der Waals surface area contributed by atoms with Gasteiger partial charge in [-0.15, -0.1) is 0 Å². The fourth-order valence-electron chi connectivity index (χ4n) is 2.74. The van der Waals surface area contributed by atoms with E-state index in [0.29, 0.717) is 6.54 Å². The van der Waals surface area contributed by atoms with Crippen LogP contribution in [-0.4, -0.2) is 46.3 Å². The number of aryl methyl sites for hydroxylation is 1. The largest absolute Gasteiger partial charge is 0.345 e. The van der Waals surface area contributed by atoms with Crippen molar-refractivity contribution in [1.82, 2.24) is 14.3 Å². The lowest BCUT2D eigenvalue weighted by Gasteiger charge is -2.24. The molecule has 1 amide bonds. The van der Waals surface area contributed by atoms with Gasteiger partial charge in [-0.1, -0.05) is 30.3 Å². The zero-order chi connectivity index (χ0) is 16.2. The lowest BCUT2D eigenvalue weighted by atomic mass is 10.1. The van der Waals surface area contributed by atoms with Crippen molar-refractivity contribution in [1.29, 1.82) is 0 Å². The van der Waals surface area contributed by atoms with Crippen molar-refractivity contribution in [3.05, 3.63) is 41.7 Å². The van der Waals surface area contributed by atoms with Crippen molar-refractivity contribution in [2.45, 2.75) is 19.4 Å². The Kier molecular flexibility index (Phi) is 4.88. The summed E-state index contributed by atoms with van der Waals surface area (Å²) in [6, 6.07) is 8.95. The lowest BCUT2D eigenvalue weighted by molar-refractivity contribution is -0.132. The average Bonchev–Trinajstić information content (AvgIpc) is 2.86. The van der Waals surface area contributed by atoms with Gasteiger partial charge in [0, 0.05) is 37.7 Å². The van der Waals surface area contributed by atoms with E-state index in [-0.39, 0.29) is 5.91 Å². The molecule has 0 radical (unpaired) electrons. The molecule has 23 heavy (non-hydrogen) atoms. The summed E-state index contributed by atoms with van der Waals surface area (Å²) < 4.78 is 4.23. The van der Waals surface area contributed by atoms with Gasteiger partial charge < -0.3 is 15.5 Å². The quantitative estimate of drug-likeness (QED) is 0.924. The fourth-order valence-corrected chi connectivity index (χ4v) is 3.47. The van der Waals surface area contributed by atoms with Gasteiger partial charge in [-0.2, -0.15) is 4.37 Å². The van der Waals surface area contributed by atoms with Gasteiger partial charge in [0.15, 0.2) is 0 Å². The summed E-state index contributed by atoms with van der Waals surface area (Å²) in [5.41, 5.74) is 7.00. The summed E-state index contributed by atoms with van der Waals surface area (Å²) >= 11 is 1.41. The molecule has 122 valence electrons. The highest BCUT2D eigenvalue weighted by atomic mass is 32.1. The van der Waals surface area contributed by atoms with E-state index in [1.165, 1.54) is 11.5 Å². The average molecular weight is 331 g/mol. The molecule has 0 saturated carbocycles. The van der Waals surface area contributed by atoms with Crippen molar-refractivity contribution in [3.63, 3.8) is 0 Å². The zero-order valence-electron chi connectivity index (χ0n) is 13.2. The van der Waals surface area contributed by atoms with Crippen LogP contribution in [0.25, 0.3) is 0 Å². The van der Waals surface area contributed by atoms with Crippen LogP contribution in [0.2, 0.25) is 0 Å². The summed E-state index contributed by atoms with van der Waals surface area (Å²) in [5, 5.41) is 0.934. The molecule has 0 bridgehead atoms. The predicted octanol–water partition coefficient (Wildman–Crippen LogP) is 1.59. The molecule has 3 rings (SSSR count). The van der Waals surface area contributed by atoms with Crippen LogP contribution in [0.4, 0.5) is 5.13 Å². The van der Waals surface area contributed by atoms with E-state index in [9.17, 15) is 4.79 Å². The van der Waals surface area contributed by atoms with Crippen molar-refractivity contribution < 1.29 is 4.79 Å². The van der Waals surface area contributed by atoms with Crippen molar-refractivity contribution >= 4 is 22.6 Å². The molecule has 2 aromatic rings. The second-order valence-electron chi connectivity index (χ2n) is 5.68. The van der Waals surface area contributed by atoms with Crippen LogP contribution in [0, 0.1) is 6.92 Å². The van der Waals surface area contributed by atoms with Crippen LogP contribution in [0.3, 0.4) is 0 Å². The predicted molar refractivity (Wildman–Crippen MR) is 91.4 cm³/mol. The molecule has 0 spiro atoms. The molecular weight excluding hydrogens is 310 g/mol. The minimum absolute atomic E-state index is 0.00788. The van der Waals surface area contributed by atoms with E-state index in [1.807, 2.05) is 42.2 Å². The SMILES string of the molecule is Cc1nsc(N2CCCN(C(=O)C(N)c3ccccc3)CC2)n1. The number of nitrogens with zero attached hydrogens (tertiary/aromatic N) is 4. The van der Waals surface area contributed by atoms with E-state index < -0.39 is 6.04 Å². The molecule has 6 nitrogen and oxygen atoms in total. The standard InChI is InChI=1S/C16H21N5OS/c1-12-18-16(23-19-12)21-9-5-8-20(10-11-21)15(22)14(17)13-6-3-2-4-7-13/h2-4,6-7,14H,5,8-11,17H2,1H3. The van der Waals surface area contributed by atoms with E-state index in [0.717, 1.165) is 42.6 Å². The second kappa shape index (κ2) is 7.06. The molecular formula is C16H21N5OS. The first-order valence-electron chi connectivity index (χ1n) is 7.80. The molecule has 1 fully saturated rings. The van der Waals surface area contributed by atoms with Crippen LogP contribution in [0.5, 0.6) is 0 Å². The highest BCUT2D eigenvalue weighted by molar-refractivity contribution is 7.09. The minimum Gasteiger partial charge on any atom is -0.345 e. The van der Waals surface area contributed by atoms with E-state index in [4.69, 9.17) is 5.73 Å². The highest BCUT2D eigenvalue weighted by Crippen LogP contribution is 2.20. The van der Waals surface area contributed by atoms with E-state index in [2.05, 4.69) is 14.3 Å². The number of aromatic nitrogens is 2. The topological polar surface area (TPSA) is 75.4 Å². The Hall–Kier alpha value is -1.99. The maximum absolute atomic E-state index is 12.7. The van der Waals surface area contributed by atoms with Crippen molar-refractivity contribution in [3.8, 4) is 0 Å². The lowest BCUT2D eigenvalue weighted by Crippen LogP contribution is -2.40. The van der Waals surface area contributed by atoms with Crippen molar-refractivity contribution in [2.24, 2.45) is 5.73 Å². The van der Waals surface area contributed by atoms with Crippen LogP contribution < -0.4 is 10.6 Å². The minimum atomic E-state index is -0.591. The van der Waals surface area contributed by atoms with Gasteiger partial charge in [0.1, 0.15) is 11.9 Å². The summed E-state index contributed by atoms with van der Waals surface area (Å²) in [6.07, 6.45) is 0.909. The number of rotatable bonds is 3. The van der Waals surface area contributed by atoms with Gasteiger partial charge in [0.05, 0.1) is 0 Å². The first-order valence-corrected chi connectivity index (χ1v) is 8.57. The fraction of sp³-hybridized carbons (Fsp3) is 0.438. The van der Waals surface area contributed by atoms with Gasteiger partial charge in [0.2, 0.25) is 11.0 Å². The number of carbonyl (C=O) groups excluding carboxylic acids is 1. The third-order valence-electron chi connectivity index (χ3n) is 4.02. The monoisotopic (exact) mass is 331 g/mol. The van der Waals surface area contributed by atoms with Crippen LogP contribution in [0.15, 0.2) is 30.3 Å². The summed E-state index contributed by atoms with van der Waals surface area (Å²) in [4.78, 5) is 21.2. The van der Waals surface area contributed by atoms with Crippen LogP contribution >= 0.6 is 11.5 Å². The Balaban J connectivity index is 1.64. The maximum atomic E-state index is 12.7. The third-order valence-corrected chi connectivity index (χ3v) is 4.89. The van der Waals surface area contributed by atoms with Crippen molar-refractivity contribution in [2.75, 3.05) is 31.1 Å². The number of hydrogen-bond donors (Lipinski definition) is 1. The second-order valence-corrected chi connectivity index (χ2v) is 6.41.